The lowest BCUT2D eigenvalue weighted by Crippen LogP contribution is -2.46. The summed E-state index contributed by atoms with van der Waals surface area (Å²) in [5.41, 5.74) is 0. The number of carbonyl (C=O) groups excluding carboxylic acids is 1. The van der Waals surface area contributed by atoms with Crippen molar-refractivity contribution < 1.29 is 9.18 Å². The van der Waals surface area contributed by atoms with Crippen LogP contribution in [-0.2, 0) is 4.79 Å². The van der Waals surface area contributed by atoms with E-state index in [-0.39, 0.29) is 11.8 Å². The molecule has 2 saturated heterocycles. The number of alkyl halides is 1. The first kappa shape index (κ1) is 10.9. The fourth-order valence-corrected chi connectivity index (χ4v) is 2.45. The van der Waals surface area contributed by atoms with Crippen LogP contribution < -0.4 is 5.32 Å². The predicted molar refractivity (Wildman–Crippen MR) is 56.3 cm³/mol. The van der Waals surface area contributed by atoms with Gasteiger partial charge in [-0.15, -0.1) is 0 Å². The van der Waals surface area contributed by atoms with Crippen LogP contribution in [0, 0.1) is 5.92 Å². The van der Waals surface area contributed by atoms with E-state index in [0.29, 0.717) is 13.0 Å². The highest BCUT2D eigenvalue weighted by atomic mass is 19.1. The molecular formula is C11H19FN2O. The normalized spacial score (nSPS) is 29.1. The van der Waals surface area contributed by atoms with E-state index in [9.17, 15) is 9.18 Å². The Morgan fingerprint density at radius 2 is 2.00 bits per heavy atom. The monoisotopic (exact) mass is 214 g/mol. The van der Waals surface area contributed by atoms with Gasteiger partial charge >= 0.3 is 0 Å². The highest BCUT2D eigenvalue weighted by Crippen LogP contribution is 2.19. The summed E-state index contributed by atoms with van der Waals surface area (Å²) < 4.78 is 13.2. The topological polar surface area (TPSA) is 32.3 Å². The quantitative estimate of drug-likeness (QED) is 0.704. The van der Waals surface area contributed by atoms with Gasteiger partial charge in [0.25, 0.3) is 0 Å². The van der Waals surface area contributed by atoms with E-state index in [4.69, 9.17) is 0 Å². The van der Waals surface area contributed by atoms with Crippen molar-refractivity contribution >= 4 is 5.91 Å². The smallest absolute Gasteiger partial charge is 0.225 e. The number of nitrogens with one attached hydrogen (secondary N) is 1. The van der Waals surface area contributed by atoms with Crippen molar-refractivity contribution in [2.75, 3.05) is 26.2 Å². The Labute approximate surface area is 90.0 Å². The number of hydrogen-bond donors (Lipinski definition) is 1. The molecule has 0 radical (unpaired) electrons. The van der Waals surface area contributed by atoms with E-state index in [1.807, 2.05) is 0 Å². The lowest BCUT2D eigenvalue weighted by atomic mass is 9.95. The maximum Gasteiger partial charge on any atom is 0.225 e. The number of halogens is 1. The average Bonchev–Trinajstić information content (AvgIpc) is 2.29. The zero-order valence-electron chi connectivity index (χ0n) is 9.04. The third-order valence-corrected chi connectivity index (χ3v) is 3.36. The molecule has 4 heteroatoms. The van der Waals surface area contributed by atoms with Gasteiger partial charge < -0.3 is 10.2 Å². The summed E-state index contributed by atoms with van der Waals surface area (Å²) in [7, 11) is 0. The molecule has 2 fully saturated rings. The van der Waals surface area contributed by atoms with E-state index in [0.717, 1.165) is 38.9 Å². The van der Waals surface area contributed by atoms with Crippen molar-refractivity contribution in [2.24, 2.45) is 5.92 Å². The van der Waals surface area contributed by atoms with Gasteiger partial charge in [0.1, 0.15) is 6.17 Å². The van der Waals surface area contributed by atoms with Gasteiger partial charge in [-0.05, 0) is 38.8 Å². The molecule has 0 aromatic heterocycles. The fourth-order valence-electron chi connectivity index (χ4n) is 2.45. The van der Waals surface area contributed by atoms with E-state index >= 15 is 0 Å². The van der Waals surface area contributed by atoms with Crippen molar-refractivity contribution in [2.45, 2.75) is 31.9 Å². The highest BCUT2D eigenvalue weighted by molar-refractivity contribution is 5.79. The second kappa shape index (κ2) is 4.92. The number of piperidine rings is 2. The summed E-state index contributed by atoms with van der Waals surface area (Å²) >= 11 is 0. The third kappa shape index (κ3) is 2.68. The van der Waals surface area contributed by atoms with Gasteiger partial charge in [-0.1, -0.05) is 0 Å². The summed E-state index contributed by atoms with van der Waals surface area (Å²) in [6.07, 6.45) is 2.45. The summed E-state index contributed by atoms with van der Waals surface area (Å²) in [4.78, 5) is 13.8. The van der Waals surface area contributed by atoms with Crippen LogP contribution in [0.2, 0.25) is 0 Å². The maximum absolute atomic E-state index is 13.2. The Balaban J connectivity index is 1.88. The molecule has 0 saturated carbocycles. The number of nitrogens with zero attached hydrogens (tertiary/aromatic N) is 1. The summed E-state index contributed by atoms with van der Waals surface area (Å²) in [6, 6.07) is 0. The Morgan fingerprint density at radius 1 is 1.27 bits per heavy atom. The minimum atomic E-state index is -0.801. The molecular weight excluding hydrogens is 195 g/mol. The zero-order chi connectivity index (χ0) is 10.7. The van der Waals surface area contributed by atoms with Crippen molar-refractivity contribution in [1.29, 1.82) is 0 Å². The Morgan fingerprint density at radius 3 is 2.67 bits per heavy atom. The van der Waals surface area contributed by atoms with E-state index in [1.54, 1.807) is 4.90 Å². The van der Waals surface area contributed by atoms with E-state index in [1.165, 1.54) is 0 Å². The van der Waals surface area contributed by atoms with Crippen LogP contribution in [-0.4, -0.2) is 43.2 Å². The third-order valence-electron chi connectivity index (χ3n) is 3.36. The molecule has 2 heterocycles. The summed E-state index contributed by atoms with van der Waals surface area (Å²) in [5, 5.41) is 3.24. The van der Waals surface area contributed by atoms with Crippen LogP contribution in [0.15, 0.2) is 0 Å². The SMILES string of the molecule is O=C(C1CCNCC1)N1CCCC(F)C1. The van der Waals surface area contributed by atoms with Crippen LogP contribution in [0.5, 0.6) is 0 Å². The van der Waals surface area contributed by atoms with Gasteiger partial charge in [-0.3, -0.25) is 4.79 Å². The molecule has 1 N–H and O–H groups in total. The zero-order valence-corrected chi connectivity index (χ0v) is 9.04. The minimum absolute atomic E-state index is 0.136. The number of likely N-dealkylation sites (tertiary alicyclic amines) is 1. The van der Waals surface area contributed by atoms with Gasteiger partial charge in [-0.25, -0.2) is 4.39 Å². The van der Waals surface area contributed by atoms with E-state index in [2.05, 4.69) is 5.32 Å². The lowest BCUT2D eigenvalue weighted by molar-refractivity contribution is -0.138. The first-order valence-electron chi connectivity index (χ1n) is 5.91. The molecule has 0 spiro atoms. The van der Waals surface area contributed by atoms with Crippen LogP contribution in [0.25, 0.3) is 0 Å². The Hall–Kier alpha value is -0.640. The van der Waals surface area contributed by atoms with Gasteiger partial charge in [0.05, 0.1) is 6.54 Å². The maximum atomic E-state index is 13.2. The van der Waals surface area contributed by atoms with Crippen molar-refractivity contribution in [3.05, 3.63) is 0 Å². The van der Waals surface area contributed by atoms with Crippen molar-refractivity contribution in [3.8, 4) is 0 Å². The molecule has 0 bridgehead atoms. The van der Waals surface area contributed by atoms with Crippen molar-refractivity contribution in [1.82, 2.24) is 10.2 Å². The Bertz CT molecular complexity index is 229. The molecule has 86 valence electrons. The first-order chi connectivity index (χ1) is 7.27. The molecule has 2 rings (SSSR count). The van der Waals surface area contributed by atoms with Gasteiger partial charge in [0.2, 0.25) is 5.91 Å². The Kier molecular flexibility index (Phi) is 3.57. The molecule has 1 amide bonds. The van der Waals surface area contributed by atoms with Crippen LogP contribution in [0.3, 0.4) is 0 Å². The molecule has 0 aliphatic carbocycles. The molecule has 0 aromatic carbocycles. The number of amides is 1. The first-order valence-corrected chi connectivity index (χ1v) is 5.91. The van der Waals surface area contributed by atoms with Crippen molar-refractivity contribution in [3.63, 3.8) is 0 Å². The van der Waals surface area contributed by atoms with Gasteiger partial charge in [0.15, 0.2) is 0 Å². The molecule has 3 nitrogen and oxygen atoms in total. The fraction of sp³-hybridized carbons (Fsp3) is 0.909. The highest BCUT2D eigenvalue weighted by Gasteiger charge is 2.29. The summed E-state index contributed by atoms with van der Waals surface area (Å²) in [5.74, 6) is 0.315. The number of rotatable bonds is 1. The lowest BCUT2D eigenvalue weighted by Gasteiger charge is -2.33. The standard InChI is InChI=1S/C11H19FN2O/c12-10-2-1-7-14(8-10)11(15)9-3-5-13-6-4-9/h9-10,13H,1-8H2. The molecule has 2 aliphatic heterocycles. The second-order valence-corrected chi connectivity index (χ2v) is 4.55. The molecule has 1 atom stereocenters. The second-order valence-electron chi connectivity index (χ2n) is 4.55. The van der Waals surface area contributed by atoms with Crippen LogP contribution >= 0.6 is 0 Å². The van der Waals surface area contributed by atoms with Crippen LogP contribution in [0.4, 0.5) is 4.39 Å². The van der Waals surface area contributed by atoms with Gasteiger partial charge in [-0.2, -0.15) is 0 Å². The summed E-state index contributed by atoms with van der Waals surface area (Å²) in [6.45, 7) is 2.92. The molecule has 0 aromatic rings. The minimum Gasteiger partial charge on any atom is -0.340 e. The van der Waals surface area contributed by atoms with Gasteiger partial charge in [0, 0.05) is 12.5 Å². The largest absolute Gasteiger partial charge is 0.340 e. The number of carbonyl (C=O) groups is 1. The molecule has 1 unspecified atom stereocenters. The van der Waals surface area contributed by atoms with Crippen LogP contribution in [0.1, 0.15) is 25.7 Å². The average molecular weight is 214 g/mol. The predicted octanol–water partition coefficient (Wildman–Crippen LogP) is 0.946. The molecule has 15 heavy (non-hydrogen) atoms. The van der Waals surface area contributed by atoms with E-state index < -0.39 is 6.17 Å². The number of hydrogen-bond acceptors (Lipinski definition) is 2. The molecule has 2 aliphatic rings.